The van der Waals surface area contributed by atoms with E-state index in [1.165, 1.54) is 38.0 Å². The van der Waals surface area contributed by atoms with Gasteiger partial charge in [0.05, 0.1) is 35.5 Å². The third kappa shape index (κ3) is 4.13. The van der Waals surface area contributed by atoms with E-state index in [0.717, 1.165) is 6.42 Å². The number of ketones is 1. The second kappa shape index (κ2) is 8.74. The van der Waals surface area contributed by atoms with Crippen LogP contribution in [0.15, 0.2) is 43.0 Å². The number of carbonyl (C=O) groups is 1. The zero-order valence-corrected chi connectivity index (χ0v) is 16.9. The van der Waals surface area contributed by atoms with Gasteiger partial charge in [-0.1, -0.05) is 6.92 Å². The molecule has 0 amide bonds. The van der Waals surface area contributed by atoms with Crippen molar-refractivity contribution in [2.24, 2.45) is 0 Å². The van der Waals surface area contributed by atoms with E-state index >= 15 is 0 Å². The summed E-state index contributed by atoms with van der Waals surface area (Å²) < 4.78 is 19.8. The number of rotatable bonds is 8. The topological polar surface area (TPSA) is 118 Å². The summed E-state index contributed by atoms with van der Waals surface area (Å²) in [5.41, 5.74) is 1.22. The van der Waals surface area contributed by atoms with E-state index in [2.05, 4.69) is 35.6 Å². The average molecular weight is 421 g/mol. The number of nitrogens with zero attached hydrogens (tertiary/aromatic N) is 4. The minimum atomic E-state index is -0.884. The standard InChI is InChI=1S/C21H20FN7O2/c1-3-8-23-20-17-14(10-25-21(17)27-11-26-20)18(30)13-5-6-15(29-19(13)22)28-12-4-7-16(31-2)24-9-12/h4-7,9-11H,3,8H2,1-2H3,(H,28,29)(H2,23,25,26,27). The van der Waals surface area contributed by atoms with Crippen LogP contribution < -0.4 is 15.4 Å². The van der Waals surface area contributed by atoms with Crippen molar-refractivity contribution < 1.29 is 13.9 Å². The van der Waals surface area contributed by atoms with Gasteiger partial charge in [0.2, 0.25) is 11.8 Å². The molecule has 4 aromatic heterocycles. The van der Waals surface area contributed by atoms with Crippen LogP contribution in [0.3, 0.4) is 0 Å². The highest BCUT2D eigenvalue weighted by atomic mass is 19.1. The van der Waals surface area contributed by atoms with E-state index in [-0.39, 0.29) is 16.9 Å². The maximum absolute atomic E-state index is 14.8. The number of aromatic amines is 1. The number of carbonyl (C=O) groups excluding carboxylic acids is 1. The van der Waals surface area contributed by atoms with Crippen molar-refractivity contribution in [2.75, 3.05) is 24.3 Å². The fourth-order valence-electron chi connectivity index (χ4n) is 3.06. The summed E-state index contributed by atoms with van der Waals surface area (Å²) in [6, 6.07) is 6.31. The molecule has 10 heteroatoms. The highest BCUT2D eigenvalue weighted by Crippen LogP contribution is 2.27. The molecule has 0 aromatic carbocycles. The second-order valence-electron chi connectivity index (χ2n) is 6.65. The molecule has 0 aliphatic heterocycles. The van der Waals surface area contributed by atoms with E-state index in [4.69, 9.17) is 4.74 Å². The third-order valence-electron chi connectivity index (χ3n) is 4.57. The van der Waals surface area contributed by atoms with Gasteiger partial charge in [0.15, 0.2) is 5.78 Å². The highest BCUT2D eigenvalue weighted by Gasteiger charge is 2.22. The molecule has 0 saturated carbocycles. The van der Waals surface area contributed by atoms with Gasteiger partial charge in [-0.05, 0) is 24.6 Å². The number of ether oxygens (including phenoxy) is 1. The fourth-order valence-corrected chi connectivity index (χ4v) is 3.06. The Morgan fingerprint density at radius 2 is 2.03 bits per heavy atom. The molecular weight excluding hydrogens is 401 g/mol. The van der Waals surface area contributed by atoms with Crippen molar-refractivity contribution in [1.29, 1.82) is 0 Å². The first kappa shape index (κ1) is 20.2. The van der Waals surface area contributed by atoms with Crippen LogP contribution in [0.1, 0.15) is 29.3 Å². The molecule has 0 radical (unpaired) electrons. The van der Waals surface area contributed by atoms with Gasteiger partial charge in [-0.2, -0.15) is 4.39 Å². The van der Waals surface area contributed by atoms with Gasteiger partial charge in [0.25, 0.3) is 0 Å². The normalized spacial score (nSPS) is 10.8. The maximum Gasteiger partial charge on any atom is 0.226 e. The molecule has 4 aromatic rings. The molecule has 3 N–H and O–H groups in total. The predicted molar refractivity (Wildman–Crippen MR) is 114 cm³/mol. The van der Waals surface area contributed by atoms with Crippen LogP contribution in [0.25, 0.3) is 11.0 Å². The molecular formula is C21H20FN7O2. The summed E-state index contributed by atoms with van der Waals surface area (Å²) in [7, 11) is 1.52. The molecule has 0 bridgehead atoms. The first-order valence-corrected chi connectivity index (χ1v) is 9.65. The van der Waals surface area contributed by atoms with Crippen LogP contribution in [-0.2, 0) is 0 Å². The molecule has 4 rings (SSSR count). The first-order chi connectivity index (χ1) is 15.1. The lowest BCUT2D eigenvalue weighted by molar-refractivity contribution is 0.103. The molecule has 0 unspecified atom stereocenters. The fraction of sp³-hybridized carbons (Fsp3) is 0.190. The van der Waals surface area contributed by atoms with Gasteiger partial charge in [-0.3, -0.25) is 4.79 Å². The number of aromatic nitrogens is 5. The zero-order chi connectivity index (χ0) is 21.8. The molecule has 0 aliphatic rings. The van der Waals surface area contributed by atoms with Gasteiger partial charge in [0, 0.05) is 18.8 Å². The maximum atomic E-state index is 14.8. The Morgan fingerprint density at radius 1 is 1.16 bits per heavy atom. The Morgan fingerprint density at radius 3 is 2.74 bits per heavy atom. The van der Waals surface area contributed by atoms with E-state index in [9.17, 15) is 9.18 Å². The number of pyridine rings is 2. The van der Waals surface area contributed by atoms with Crippen LogP contribution in [0.5, 0.6) is 5.88 Å². The largest absolute Gasteiger partial charge is 0.481 e. The number of anilines is 3. The van der Waals surface area contributed by atoms with Gasteiger partial charge < -0.3 is 20.4 Å². The molecule has 31 heavy (non-hydrogen) atoms. The zero-order valence-electron chi connectivity index (χ0n) is 16.9. The Hall–Kier alpha value is -4.08. The quantitative estimate of drug-likeness (QED) is 0.291. The average Bonchev–Trinajstić information content (AvgIpc) is 3.23. The highest BCUT2D eigenvalue weighted by molar-refractivity contribution is 6.18. The Labute approximate surface area is 177 Å². The van der Waals surface area contributed by atoms with Crippen molar-refractivity contribution in [2.45, 2.75) is 13.3 Å². The lowest BCUT2D eigenvalue weighted by Gasteiger charge is -2.09. The molecule has 9 nitrogen and oxygen atoms in total. The number of fused-ring (bicyclic) bond motifs is 1. The summed E-state index contributed by atoms with van der Waals surface area (Å²) in [5.74, 6) is -0.168. The third-order valence-corrected chi connectivity index (χ3v) is 4.57. The predicted octanol–water partition coefficient (Wildman–Crippen LogP) is 3.69. The van der Waals surface area contributed by atoms with Crippen molar-refractivity contribution in [3.8, 4) is 5.88 Å². The van der Waals surface area contributed by atoms with Crippen molar-refractivity contribution in [1.82, 2.24) is 24.9 Å². The summed E-state index contributed by atoms with van der Waals surface area (Å²) in [4.78, 5) is 32.3. The van der Waals surface area contributed by atoms with Gasteiger partial charge in [0.1, 0.15) is 23.6 Å². The Bertz CT molecular complexity index is 1220. The van der Waals surface area contributed by atoms with Crippen LogP contribution in [0, 0.1) is 5.95 Å². The number of halogens is 1. The lowest BCUT2D eigenvalue weighted by Crippen LogP contribution is -2.09. The molecule has 0 spiro atoms. The molecule has 0 aliphatic carbocycles. The molecule has 4 heterocycles. The lowest BCUT2D eigenvalue weighted by atomic mass is 10.0. The van der Waals surface area contributed by atoms with Crippen molar-refractivity contribution in [3.05, 3.63) is 60.1 Å². The minimum absolute atomic E-state index is 0.149. The first-order valence-electron chi connectivity index (χ1n) is 9.65. The monoisotopic (exact) mass is 421 g/mol. The molecule has 158 valence electrons. The smallest absolute Gasteiger partial charge is 0.226 e. The van der Waals surface area contributed by atoms with Gasteiger partial charge in [-0.15, -0.1) is 0 Å². The van der Waals surface area contributed by atoms with E-state index in [1.54, 1.807) is 12.1 Å². The van der Waals surface area contributed by atoms with E-state index < -0.39 is 11.7 Å². The van der Waals surface area contributed by atoms with Gasteiger partial charge >= 0.3 is 0 Å². The molecule has 0 atom stereocenters. The summed E-state index contributed by atoms with van der Waals surface area (Å²) in [5, 5.41) is 6.63. The minimum Gasteiger partial charge on any atom is -0.481 e. The van der Waals surface area contributed by atoms with E-state index in [0.29, 0.717) is 35.0 Å². The van der Waals surface area contributed by atoms with Gasteiger partial charge in [-0.25, -0.2) is 19.9 Å². The second-order valence-corrected chi connectivity index (χ2v) is 6.65. The number of hydrogen-bond donors (Lipinski definition) is 3. The summed E-state index contributed by atoms with van der Waals surface area (Å²) in [6.07, 6.45) is 5.33. The number of methoxy groups -OCH3 is 1. The Balaban J connectivity index is 1.62. The number of nitrogens with one attached hydrogen (secondary N) is 3. The molecule has 0 saturated heterocycles. The van der Waals surface area contributed by atoms with Crippen LogP contribution >= 0.6 is 0 Å². The summed E-state index contributed by atoms with van der Waals surface area (Å²) in [6.45, 7) is 2.70. The van der Waals surface area contributed by atoms with Crippen LogP contribution in [-0.4, -0.2) is 44.4 Å². The Kier molecular flexibility index (Phi) is 5.69. The summed E-state index contributed by atoms with van der Waals surface area (Å²) >= 11 is 0. The van der Waals surface area contributed by atoms with Crippen LogP contribution in [0.4, 0.5) is 21.7 Å². The van der Waals surface area contributed by atoms with Crippen LogP contribution in [0.2, 0.25) is 0 Å². The van der Waals surface area contributed by atoms with E-state index in [1.807, 2.05) is 6.92 Å². The number of H-pyrrole nitrogens is 1. The van der Waals surface area contributed by atoms with Crippen molar-refractivity contribution in [3.63, 3.8) is 0 Å². The van der Waals surface area contributed by atoms with Crippen molar-refractivity contribution >= 4 is 34.1 Å². The molecule has 0 fully saturated rings. The number of hydrogen-bond acceptors (Lipinski definition) is 8. The SMILES string of the molecule is CCCNc1ncnc2[nH]cc(C(=O)c3ccc(Nc4ccc(OC)nc4)nc3F)c12.